The Morgan fingerprint density at radius 1 is 1.44 bits per heavy atom. The summed E-state index contributed by atoms with van der Waals surface area (Å²) in [6.45, 7) is 1.85. The lowest BCUT2D eigenvalue weighted by Crippen LogP contribution is -2.39. The van der Waals surface area contributed by atoms with Crippen molar-refractivity contribution in [3.8, 4) is 0 Å². The molecule has 1 saturated carbocycles. The van der Waals surface area contributed by atoms with E-state index in [9.17, 15) is 4.39 Å². The highest BCUT2D eigenvalue weighted by molar-refractivity contribution is 9.10. The molecule has 2 aliphatic rings. The first kappa shape index (κ1) is 12.4. The number of hydrogen-bond acceptors (Lipinski definition) is 3. The van der Waals surface area contributed by atoms with Gasteiger partial charge in [-0.1, -0.05) is 0 Å². The summed E-state index contributed by atoms with van der Waals surface area (Å²) in [5.41, 5.74) is 0. The molecule has 0 amide bonds. The van der Waals surface area contributed by atoms with Gasteiger partial charge in [-0.2, -0.15) is 0 Å². The van der Waals surface area contributed by atoms with Crippen LogP contribution in [0.15, 0.2) is 16.7 Å². The molecule has 98 valence electrons. The largest absolute Gasteiger partial charge is 0.350 e. The van der Waals surface area contributed by atoms with Crippen molar-refractivity contribution in [3.05, 3.63) is 22.6 Å². The van der Waals surface area contributed by atoms with Crippen LogP contribution in [0.25, 0.3) is 0 Å². The molecule has 0 spiro atoms. The predicted molar refractivity (Wildman–Crippen MR) is 73.3 cm³/mol. The van der Waals surface area contributed by atoms with Gasteiger partial charge in [-0.25, -0.2) is 9.37 Å². The number of anilines is 1. The normalized spacial score (nSPS) is 23.7. The predicted octanol–water partition coefficient (Wildman–Crippen LogP) is 2.70. The van der Waals surface area contributed by atoms with Gasteiger partial charge in [0.1, 0.15) is 0 Å². The molecule has 0 radical (unpaired) electrons. The van der Waals surface area contributed by atoms with Crippen LogP contribution in [0.5, 0.6) is 0 Å². The highest BCUT2D eigenvalue weighted by atomic mass is 79.9. The zero-order valence-corrected chi connectivity index (χ0v) is 11.8. The smallest absolute Gasteiger partial charge is 0.166 e. The van der Waals surface area contributed by atoms with Crippen LogP contribution in [-0.4, -0.2) is 30.2 Å². The summed E-state index contributed by atoms with van der Waals surface area (Å²) in [7, 11) is 0. The Morgan fingerprint density at radius 3 is 3.00 bits per heavy atom. The maximum atomic E-state index is 13.9. The van der Waals surface area contributed by atoms with E-state index in [1.165, 1.54) is 18.9 Å². The van der Waals surface area contributed by atoms with E-state index in [4.69, 9.17) is 0 Å². The molecule has 1 saturated heterocycles. The highest BCUT2D eigenvalue weighted by Crippen LogP contribution is 2.28. The van der Waals surface area contributed by atoms with Crippen molar-refractivity contribution >= 4 is 21.7 Å². The monoisotopic (exact) mass is 313 g/mol. The van der Waals surface area contributed by atoms with E-state index in [-0.39, 0.29) is 5.82 Å². The molecule has 3 rings (SSSR count). The third-order valence-electron chi connectivity index (χ3n) is 3.66. The van der Waals surface area contributed by atoms with Gasteiger partial charge in [0.25, 0.3) is 0 Å². The van der Waals surface area contributed by atoms with E-state index in [1.54, 1.807) is 6.20 Å². The molecule has 0 bridgehead atoms. The van der Waals surface area contributed by atoms with Gasteiger partial charge >= 0.3 is 0 Å². The lowest BCUT2D eigenvalue weighted by molar-refractivity contribution is 0.553. The standard InChI is InChI=1S/C13H17BrFN3/c14-9-6-12(15)13(17-7-9)18-5-1-2-11(18)8-16-10-3-4-10/h6-7,10-11,16H,1-5,8H2. The van der Waals surface area contributed by atoms with Crippen molar-refractivity contribution in [1.29, 1.82) is 0 Å². The van der Waals surface area contributed by atoms with Crippen LogP contribution >= 0.6 is 15.9 Å². The molecule has 1 aliphatic heterocycles. The van der Waals surface area contributed by atoms with Crippen molar-refractivity contribution in [2.75, 3.05) is 18.0 Å². The topological polar surface area (TPSA) is 28.2 Å². The van der Waals surface area contributed by atoms with Gasteiger partial charge in [0.15, 0.2) is 11.6 Å². The number of hydrogen-bond donors (Lipinski definition) is 1. The van der Waals surface area contributed by atoms with Crippen molar-refractivity contribution in [2.24, 2.45) is 0 Å². The molecule has 0 aromatic carbocycles. The molecule has 1 aromatic heterocycles. The number of nitrogens with one attached hydrogen (secondary N) is 1. The first-order valence-electron chi connectivity index (χ1n) is 6.55. The summed E-state index contributed by atoms with van der Waals surface area (Å²) in [5, 5.41) is 3.53. The number of aromatic nitrogens is 1. The molecule has 18 heavy (non-hydrogen) atoms. The lowest BCUT2D eigenvalue weighted by atomic mass is 10.2. The van der Waals surface area contributed by atoms with Crippen molar-refractivity contribution in [3.63, 3.8) is 0 Å². The molecule has 3 nitrogen and oxygen atoms in total. The number of halogens is 2. The fourth-order valence-electron chi connectivity index (χ4n) is 2.54. The van der Waals surface area contributed by atoms with Crippen LogP contribution in [0.4, 0.5) is 10.2 Å². The Hall–Kier alpha value is -0.680. The highest BCUT2D eigenvalue weighted by Gasteiger charge is 2.29. The molecule has 1 N–H and O–H groups in total. The maximum Gasteiger partial charge on any atom is 0.166 e. The zero-order chi connectivity index (χ0) is 12.5. The first-order chi connectivity index (χ1) is 8.74. The minimum absolute atomic E-state index is 0.234. The molecule has 1 aromatic rings. The van der Waals surface area contributed by atoms with Crippen molar-refractivity contribution in [2.45, 2.75) is 37.8 Å². The van der Waals surface area contributed by atoms with Crippen LogP contribution in [0.2, 0.25) is 0 Å². The Bertz CT molecular complexity index is 436. The minimum atomic E-state index is -0.234. The summed E-state index contributed by atoms with van der Waals surface area (Å²) in [5.74, 6) is 0.265. The number of nitrogens with zero attached hydrogens (tertiary/aromatic N) is 2. The second-order valence-electron chi connectivity index (χ2n) is 5.13. The van der Waals surface area contributed by atoms with E-state index >= 15 is 0 Å². The molecular formula is C13H17BrFN3. The molecular weight excluding hydrogens is 297 g/mol. The Balaban J connectivity index is 1.72. The summed E-state index contributed by atoms with van der Waals surface area (Å²) in [6.07, 6.45) is 6.49. The Morgan fingerprint density at radius 2 is 2.28 bits per heavy atom. The zero-order valence-electron chi connectivity index (χ0n) is 10.2. The second kappa shape index (κ2) is 5.13. The molecule has 1 aliphatic carbocycles. The summed E-state index contributed by atoms with van der Waals surface area (Å²) < 4.78 is 14.6. The second-order valence-corrected chi connectivity index (χ2v) is 6.05. The summed E-state index contributed by atoms with van der Waals surface area (Å²) in [4.78, 5) is 6.34. The number of rotatable bonds is 4. The van der Waals surface area contributed by atoms with Gasteiger partial charge in [-0.15, -0.1) is 0 Å². The van der Waals surface area contributed by atoms with E-state index < -0.39 is 0 Å². The van der Waals surface area contributed by atoms with E-state index in [1.807, 2.05) is 0 Å². The van der Waals surface area contributed by atoms with Crippen molar-refractivity contribution < 1.29 is 4.39 Å². The van der Waals surface area contributed by atoms with Gasteiger partial charge in [0.05, 0.1) is 0 Å². The van der Waals surface area contributed by atoms with Crippen molar-refractivity contribution in [1.82, 2.24) is 10.3 Å². The summed E-state index contributed by atoms with van der Waals surface area (Å²) >= 11 is 3.24. The van der Waals surface area contributed by atoms with E-state index in [2.05, 4.69) is 31.1 Å². The molecule has 2 fully saturated rings. The third kappa shape index (κ3) is 2.67. The van der Waals surface area contributed by atoms with Crippen LogP contribution < -0.4 is 10.2 Å². The minimum Gasteiger partial charge on any atom is -0.350 e. The average molecular weight is 314 g/mol. The lowest BCUT2D eigenvalue weighted by Gasteiger charge is -2.26. The fraction of sp³-hybridized carbons (Fsp3) is 0.615. The average Bonchev–Trinajstić information content (AvgIpc) is 3.06. The van der Waals surface area contributed by atoms with Gasteiger partial charge in [-0.05, 0) is 47.7 Å². The summed E-state index contributed by atoms with van der Waals surface area (Å²) in [6, 6.07) is 2.58. The Kier molecular flexibility index (Phi) is 3.52. The molecule has 2 heterocycles. The van der Waals surface area contributed by atoms with E-state index in [0.717, 1.165) is 25.9 Å². The SMILES string of the molecule is Fc1cc(Br)cnc1N1CCCC1CNC1CC1. The number of pyridine rings is 1. The Labute approximate surface area is 115 Å². The third-order valence-corrected chi connectivity index (χ3v) is 4.09. The first-order valence-corrected chi connectivity index (χ1v) is 7.34. The fourth-order valence-corrected chi connectivity index (χ4v) is 2.84. The van der Waals surface area contributed by atoms with Gasteiger partial charge < -0.3 is 10.2 Å². The van der Waals surface area contributed by atoms with Crippen LogP contribution in [0, 0.1) is 5.82 Å². The quantitative estimate of drug-likeness (QED) is 0.926. The van der Waals surface area contributed by atoms with Gasteiger partial charge in [0.2, 0.25) is 0 Å². The molecule has 1 unspecified atom stereocenters. The van der Waals surface area contributed by atoms with Crippen LogP contribution in [0.1, 0.15) is 25.7 Å². The van der Waals surface area contributed by atoms with Gasteiger partial charge in [0, 0.05) is 35.8 Å². The molecule has 1 atom stereocenters. The van der Waals surface area contributed by atoms with E-state index in [0.29, 0.717) is 22.4 Å². The van der Waals surface area contributed by atoms with Gasteiger partial charge in [-0.3, -0.25) is 0 Å². The van der Waals surface area contributed by atoms with Crippen LogP contribution in [-0.2, 0) is 0 Å². The maximum absolute atomic E-state index is 13.9. The van der Waals surface area contributed by atoms with Crippen LogP contribution in [0.3, 0.4) is 0 Å². The molecule has 5 heteroatoms.